The second kappa shape index (κ2) is 6.81. The summed E-state index contributed by atoms with van der Waals surface area (Å²) >= 11 is 1.89. The predicted octanol–water partition coefficient (Wildman–Crippen LogP) is 8.82. The van der Waals surface area contributed by atoms with Crippen molar-refractivity contribution in [3.63, 3.8) is 0 Å². The number of thiophene rings is 1. The van der Waals surface area contributed by atoms with Crippen molar-refractivity contribution in [2.45, 2.75) is 0 Å². The van der Waals surface area contributed by atoms with Gasteiger partial charge in [0, 0.05) is 42.2 Å². The highest BCUT2D eigenvalue weighted by Crippen LogP contribution is 2.44. The number of para-hydroxylation sites is 2. The van der Waals surface area contributed by atoms with Crippen molar-refractivity contribution >= 4 is 53.3 Å². The van der Waals surface area contributed by atoms with E-state index in [1.165, 1.54) is 58.8 Å². The van der Waals surface area contributed by atoms with Gasteiger partial charge in [0.1, 0.15) is 0 Å². The average molecular weight is 426 g/mol. The van der Waals surface area contributed by atoms with Gasteiger partial charge in [-0.3, -0.25) is 0 Å². The lowest BCUT2D eigenvalue weighted by molar-refractivity contribution is 1.18. The molecule has 0 atom stereocenters. The smallest absolute Gasteiger partial charge is 0.0547 e. The molecule has 2 heteroatoms. The second-order valence-electron chi connectivity index (χ2n) is 8.17. The average Bonchev–Trinajstić information content (AvgIpc) is 3.40. The minimum Gasteiger partial charge on any atom is -0.309 e. The van der Waals surface area contributed by atoms with E-state index in [4.69, 9.17) is 0 Å². The molecule has 0 fully saturated rings. The molecule has 1 nitrogen and oxygen atoms in total. The standard InChI is InChI=1S/C30H19NS/c1-2-10-20(11-3-1)31-26-17-6-4-13-25(26)29-22(14-9-18-27(29)31)24-16-8-15-23-21-12-5-7-19-28(21)32-30(23)24/h1-19H. The molecule has 0 amide bonds. The van der Waals surface area contributed by atoms with Crippen molar-refractivity contribution in [2.24, 2.45) is 0 Å². The van der Waals surface area contributed by atoms with E-state index in [1.54, 1.807) is 0 Å². The number of aromatic nitrogens is 1. The molecular weight excluding hydrogens is 406 g/mol. The zero-order valence-electron chi connectivity index (χ0n) is 17.3. The van der Waals surface area contributed by atoms with Crippen molar-refractivity contribution in [3.05, 3.63) is 115 Å². The van der Waals surface area contributed by atoms with Crippen LogP contribution >= 0.6 is 11.3 Å². The van der Waals surface area contributed by atoms with Crippen molar-refractivity contribution < 1.29 is 0 Å². The van der Waals surface area contributed by atoms with Crippen LogP contribution in [0.3, 0.4) is 0 Å². The lowest BCUT2D eigenvalue weighted by Gasteiger charge is -2.09. The van der Waals surface area contributed by atoms with Crippen LogP contribution in [-0.4, -0.2) is 4.57 Å². The molecule has 0 aliphatic rings. The van der Waals surface area contributed by atoms with Crippen LogP contribution in [0.2, 0.25) is 0 Å². The number of rotatable bonds is 2. The minimum absolute atomic E-state index is 1.19. The lowest BCUT2D eigenvalue weighted by atomic mass is 9.98. The topological polar surface area (TPSA) is 4.93 Å². The van der Waals surface area contributed by atoms with Crippen LogP contribution in [-0.2, 0) is 0 Å². The summed E-state index contributed by atoms with van der Waals surface area (Å²) in [6, 6.07) is 41.6. The molecule has 0 N–H and O–H groups in total. The first-order valence-corrected chi connectivity index (χ1v) is 11.7. The fourth-order valence-corrected chi connectivity index (χ4v) is 6.29. The third-order valence-electron chi connectivity index (χ3n) is 6.41. The molecule has 7 aromatic rings. The van der Waals surface area contributed by atoms with Crippen LogP contribution in [0, 0.1) is 0 Å². The predicted molar refractivity (Wildman–Crippen MR) is 139 cm³/mol. The van der Waals surface area contributed by atoms with Crippen LogP contribution in [0.4, 0.5) is 0 Å². The Balaban J connectivity index is 1.64. The maximum Gasteiger partial charge on any atom is 0.0547 e. The maximum absolute atomic E-state index is 2.39. The van der Waals surface area contributed by atoms with Gasteiger partial charge < -0.3 is 4.57 Å². The second-order valence-corrected chi connectivity index (χ2v) is 9.22. The molecule has 0 aliphatic carbocycles. The Hall–Kier alpha value is -3.88. The number of hydrogen-bond donors (Lipinski definition) is 0. The molecule has 5 aromatic carbocycles. The Morgan fingerprint density at radius 2 is 1.12 bits per heavy atom. The fourth-order valence-electron chi connectivity index (χ4n) is 5.06. The Kier molecular flexibility index (Phi) is 3.78. The van der Waals surface area contributed by atoms with Crippen molar-refractivity contribution in [2.75, 3.05) is 0 Å². The third kappa shape index (κ3) is 2.44. The van der Waals surface area contributed by atoms with Crippen molar-refractivity contribution in [3.8, 4) is 16.8 Å². The van der Waals surface area contributed by atoms with Gasteiger partial charge in [0.15, 0.2) is 0 Å². The van der Waals surface area contributed by atoms with Gasteiger partial charge in [-0.25, -0.2) is 0 Å². The van der Waals surface area contributed by atoms with E-state index in [-0.39, 0.29) is 0 Å². The summed E-state index contributed by atoms with van der Waals surface area (Å²) in [7, 11) is 0. The van der Waals surface area contributed by atoms with Gasteiger partial charge in [0.05, 0.1) is 11.0 Å². The summed E-state index contributed by atoms with van der Waals surface area (Å²) in [6.07, 6.45) is 0. The number of benzene rings is 5. The molecule has 2 aromatic heterocycles. The molecule has 7 rings (SSSR count). The SMILES string of the molecule is c1ccc(-n2c3ccccc3c3c(-c4cccc5c4sc4ccccc45)cccc32)cc1. The van der Waals surface area contributed by atoms with Gasteiger partial charge in [0.2, 0.25) is 0 Å². The van der Waals surface area contributed by atoms with E-state index >= 15 is 0 Å². The molecule has 2 heterocycles. The first-order valence-electron chi connectivity index (χ1n) is 10.9. The van der Waals surface area contributed by atoms with Gasteiger partial charge in [-0.1, -0.05) is 84.9 Å². The zero-order valence-corrected chi connectivity index (χ0v) is 18.1. The van der Waals surface area contributed by atoms with E-state index < -0.39 is 0 Å². The van der Waals surface area contributed by atoms with E-state index in [0.29, 0.717) is 0 Å². The molecule has 150 valence electrons. The summed E-state index contributed by atoms with van der Waals surface area (Å²) in [5.74, 6) is 0. The number of fused-ring (bicyclic) bond motifs is 6. The van der Waals surface area contributed by atoms with Crippen LogP contribution in [0.15, 0.2) is 115 Å². The quantitative estimate of drug-likeness (QED) is 0.261. The Labute approximate surface area is 189 Å². The van der Waals surface area contributed by atoms with E-state index in [1.807, 2.05) is 11.3 Å². The Morgan fingerprint density at radius 3 is 2.03 bits per heavy atom. The monoisotopic (exact) mass is 425 g/mol. The normalized spacial score (nSPS) is 11.8. The van der Waals surface area contributed by atoms with Gasteiger partial charge in [0.25, 0.3) is 0 Å². The van der Waals surface area contributed by atoms with Crippen molar-refractivity contribution in [1.29, 1.82) is 0 Å². The molecule has 0 bridgehead atoms. The van der Waals surface area contributed by atoms with E-state index in [0.717, 1.165) is 0 Å². The number of nitrogens with zero attached hydrogens (tertiary/aromatic N) is 1. The molecular formula is C30H19NS. The molecule has 0 radical (unpaired) electrons. The highest BCUT2D eigenvalue weighted by atomic mass is 32.1. The highest BCUT2D eigenvalue weighted by Gasteiger charge is 2.17. The van der Waals surface area contributed by atoms with Crippen LogP contribution in [0.5, 0.6) is 0 Å². The highest BCUT2D eigenvalue weighted by molar-refractivity contribution is 7.26. The minimum atomic E-state index is 1.19. The third-order valence-corrected chi connectivity index (χ3v) is 7.63. The summed E-state index contributed by atoms with van der Waals surface area (Å²) in [4.78, 5) is 0. The van der Waals surface area contributed by atoms with E-state index in [2.05, 4.69) is 120 Å². The largest absolute Gasteiger partial charge is 0.309 e. The Bertz CT molecular complexity index is 1770. The molecule has 0 aliphatic heterocycles. The van der Waals surface area contributed by atoms with Crippen LogP contribution in [0.25, 0.3) is 58.8 Å². The fraction of sp³-hybridized carbons (Fsp3) is 0. The van der Waals surface area contributed by atoms with Gasteiger partial charge in [-0.2, -0.15) is 0 Å². The number of hydrogen-bond acceptors (Lipinski definition) is 1. The Morgan fingerprint density at radius 1 is 0.469 bits per heavy atom. The summed E-state index contributed by atoms with van der Waals surface area (Å²) < 4.78 is 5.09. The first-order chi connectivity index (χ1) is 15.9. The zero-order chi connectivity index (χ0) is 21.1. The van der Waals surface area contributed by atoms with Crippen LogP contribution < -0.4 is 0 Å². The maximum atomic E-state index is 2.39. The van der Waals surface area contributed by atoms with Crippen LogP contribution in [0.1, 0.15) is 0 Å². The molecule has 0 spiro atoms. The molecule has 0 saturated carbocycles. The van der Waals surface area contributed by atoms with Gasteiger partial charge >= 0.3 is 0 Å². The summed E-state index contributed by atoms with van der Waals surface area (Å²) in [6.45, 7) is 0. The van der Waals surface area contributed by atoms with Crippen molar-refractivity contribution in [1.82, 2.24) is 4.57 Å². The summed E-state index contributed by atoms with van der Waals surface area (Å²) in [5.41, 5.74) is 6.28. The molecule has 0 saturated heterocycles. The van der Waals surface area contributed by atoms with E-state index in [9.17, 15) is 0 Å². The molecule has 0 unspecified atom stereocenters. The first kappa shape index (κ1) is 17.8. The summed E-state index contributed by atoms with van der Waals surface area (Å²) in [5, 5.41) is 5.29. The van der Waals surface area contributed by atoms with Gasteiger partial charge in [-0.05, 0) is 35.9 Å². The molecule has 32 heavy (non-hydrogen) atoms. The van der Waals surface area contributed by atoms with Gasteiger partial charge in [-0.15, -0.1) is 11.3 Å². The lowest BCUT2D eigenvalue weighted by Crippen LogP contribution is -1.92.